The molecule has 16 heavy (non-hydrogen) atoms. The van der Waals surface area contributed by atoms with Gasteiger partial charge in [0.15, 0.2) is 0 Å². The van der Waals surface area contributed by atoms with Crippen LogP contribution >= 0.6 is 11.6 Å². The van der Waals surface area contributed by atoms with Crippen LogP contribution in [0.25, 0.3) is 0 Å². The normalized spacial score (nSPS) is 10.5. The largest absolute Gasteiger partial charge is 0.350 e. The smallest absolute Gasteiger partial charge is 0.321 e. The monoisotopic (exact) mass is 249 g/mol. The summed E-state index contributed by atoms with van der Waals surface area (Å²) in [6.45, 7) is 5.27. The second kappa shape index (κ2) is 6.32. The molecule has 0 heterocycles. The number of hydrogen-bond acceptors (Lipinski definition) is 3. The first-order chi connectivity index (χ1) is 7.24. The molecule has 0 unspecified atom stereocenters. The van der Waals surface area contributed by atoms with Gasteiger partial charge in [-0.15, -0.1) is 11.6 Å². The molecule has 0 radical (unpaired) electrons. The van der Waals surface area contributed by atoms with Crippen LogP contribution in [0, 0.1) is 0 Å². The van der Waals surface area contributed by atoms with E-state index >= 15 is 0 Å². The number of rotatable bonds is 3. The zero-order valence-electron chi connectivity index (χ0n) is 9.52. The van der Waals surface area contributed by atoms with Gasteiger partial charge >= 0.3 is 6.03 Å². The minimum atomic E-state index is -0.741. The molecule has 0 rings (SSSR count). The van der Waals surface area contributed by atoms with Crippen molar-refractivity contribution < 1.29 is 14.4 Å². The predicted octanol–water partition coefficient (Wildman–Crippen LogP) is -0.0343. The van der Waals surface area contributed by atoms with E-state index in [4.69, 9.17) is 11.6 Å². The molecule has 0 aliphatic rings. The van der Waals surface area contributed by atoms with Crippen LogP contribution in [0.1, 0.15) is 20.8 Å². The number of alkyl halides is 1. The summed E-state index contributed by atoms with van der Waals surface area (Å²) in [4.78, 5) is 32.9. The fraction of sp³-hybridized carbons (Fsp3) is 0.667. The van der Waals surface area contributed by atoms with Gasteiger partial charge < -0.3 is 10.6 Å². The average Bonchev–Trinajstić information content (AvgIpc) is 2.12. The zero-order chi connectivity index (χ0) is 12.8. The van der Waals surface area contributed by atoms with Gasteiger partial charge in [0.25, 0.3) is 0 Å². The van der Waals surface area contributed by atoms with Crippen LogP contribution in [0.2, 0.25) is 0 Å². The lowest BCUT2D eigenvalue weighted by Crippen LogP contribution is -2.48. The molecule has 0 aliphatic heterocycles. The van der Waals surface area contributed by atoms with Gasteiger partial charge in [-0.1, -0.05) is 0 Å². The number of carbonyl (C=O) groups is 3. The van der Waals surface area contributed by atoms with Crippen molar-refractivity contribution in [2.45, 2.75) is 26.3 Å². The van der Waals surface area contributed by atoms with Gasteiger partial charge in [-0.2, -0.15) is 0 Å². The molecule has 0 fully saturated rings. The van der Waals surface area contributed by atoms with Gasteiger partial charge in [0.2, 0.25) is 11.8 Å². The number of urea groups is 1. The van der Waals surface area contributed by atoms with Crippen LogP contribution in [-0.2, 0) is 9.59 Å². The van der Waals surface area contributed by atoms with E-state index in [9.17, 15) is 14.4 Å². The van der Waals surface area contributed by atoms with Crippen LogP contribution < -0.4 is 16.0 Å². The Morgan fingerprint density at radius 1 is 1.12 bits per heavy atom. The second-order valence-electron chi connectivity index (χ2n) is 4.16. The Hall–Kier alpha value is -1.30. The summed E-state index contributed by atoms with van der Waals surface area (Å²) in [6, 6.07) is -0.741. The number of amides is 4. The van der Waals surface area contributed by atoms with Crippen molar-refractivity contribution in [3.8, 4) is 0 Å². The van der Waals surface area contributed by atoms with Gasteiger partial charge in [-0.05, 0) is 20.8 Å². The summed E-state index contributed by atoms with van der Waals surface area (Å²) in [5.74, 6) is -1.25. The van der Waals surface area contributed by atoms with E-state index in [-0.39, 0.29) is 23.9 Å². The first-order valence-corrected chi connectivity index (χ1v) is 5.22. The fourth-order valence-corrected chi connectivity index (χ4v) is 0.894. The summed E-state index contributed by atoms with van der Waals surface area (Å²) in [7, 11) is 0. The summed E-state index contributed by atoms with van der Waals surface area (Å²) < 4.78 is 0. The van der Waals surface area contributed by atoms with Gasteiger partial charge in [-0.25, -0.2) is 4.79 Å². The fourth-order valence-electron chi connectivity index (χ4n) is 0.827. The molecule has 0 aliphatic carbocycles. The van der Waals surface area contributed by atoms with Crippen LogP contribution in [0.15, 0.2) is 0 Å². The van der Waals surface area contributed by atoms with E-state index in [1.807, 2.05) is 26.1 Å². The highest BCUT2D eigenvalue weighted by Gasteiger charge is 2.14. The van der Waals surface area contributed by atoms with Gasteiger partial charge in [-0.3, -0.25) is 14.9 Å². The quantitative estimate of drug-likeness (QED) is 0.614. The Labute approximate surface area is 99.1 Å². The van der Waals surface area contributed by atoms with Gasteiger partial charge in [0.1, 0.15) is 5.88 Å². The third-order valence-electron chi connectivity index (χ3n) is 1.30. The van der Waals surface area contributed by atoms with Gasteiger partial charge in [0, 0.05) is 5.54 Å². The van der Waals surface area contributed by atoms with Crippen LogP contribution in [0.5, 0.6) is 0 Å². The van der Waals surface area contributed by atoms with E-state index in [0.29, 0.717) is 0 Å². The summed E-state index contributed by atoms with van der Waals surface area (Å²) in [6.07, 6.45) is 0. The van der Waals surface area contributed by atoms with E-state index in [0.717, 1.165) is 0 Å². The molecule has 0 atom stereocenters. The zero-order valence-corrected chi connectivity index (χ0v) is 10.3. The van der Waals surface area contributed by atoms with Crippen molar-refractivity contribution in [1.29, 1.82) is 0 Å². The van der Waals surface area contributed by atoms with Crippen molar-refractivity contribution in [2.75, 3.05) is 12.4 Å². The lowest BCUT2D eigenvalue weighted by Gasteiger charge is -2.20. The maximum Gasteiger partial charge on any atom is 0.321 e. The molecule has 4 amide bonds. The van der Waals surface area contributed by atoms with Crippen molar-refractivity contribution >= 4 is 29.4 Å². The molecule has 0 aromatic rings. The topological polar surface area (TPSA) is 87.3 Å². The molecule has 92 valence electrons. The third kappa shape index (κ3) is 8.05. The number of carbonyl (C=O) groups excluding carboxylic acids is 3. The van der Waals surface area contributed by atoms with Gasteiger partial charge in [0.05, 0.1) is 6.54 Å². The van der Waals surface area contributed by atoms with E-state index in [1.54, 1.807) is 0 Å². The molecule has 6 nitrogen and oxygen atoms in total. The lowest BCUT2D eigenvalue weighted by molar-refractivity contribution is -0.122. The number of imide groups is 1. The number of nitrogens with one attached hydrogen (secondary N) is 3. The highest BCUT2D eigenvalue weighted by atomic mass is 35.5. The highest BCUT2D eigenvalue weighted by molar-refractivity contribution is 6.28. The number of halogens is 1. The molecule has 3 N–H and O–H groups in total. The summed E-state index contributed by atoms with van der Waals surface area (Å²) >= 11 is 5.17. The Morgan fingerprint density at radius 3 is 2.12 bits per heavy atom. The molecule has 0 spiro atoms. The van der Waals surface area contributed by atoms with Crippen LogP contribution in [0.4, 0.5) is 4.79 Å². The second-order valence-corrected chi connectivity index (χ2v) is 4.43. The van der Waals surface area contributed by atoms with Crippen LogP contribution in [-0.4, -0.2) is 35.8 Å². The Bertz CT molecular complexity index is 286. The standard InChI is InChI=1S/C9H16ClN3O3/c1-9(2,3)13-7(15)5-11-8(16)12-6(14)4-10/h4-5H2,1-3H3,(H,13,15)(H2,11,12,14,16). The summed E-state index contributed by atoms with van der Waals surface area (Å²) in [5, 5.41) is 6.82. The average molecular weight is 250 g/mol. The maximum absolute atomic E-state index is 11.3. The Kier molecular flexibility index (Phi) is 5.81. The SMILES string of the molecule is CC(C)(C)NC(=O)CNC(=O)NC(=O)CCl. The Morgan fingerprint density at radius 2 is 1.69 bits per heavy atom. The molecule has 7 heteroatoms. The minimum Gasteiger partial charge on any atom is -0.350 e. The van der Waals surface area contributed by atoms with E-state index < -0.39 is 11.9 Å². The highest BCUT2D eigenvalue weighted by Crippen LogP contribution is 1.96. The minimum absolute atomic E-state index is 0.196. The number of hydrogen-bond donors (Lipinski definition) is 3. The molecule has 0 saturated heterocycles. The molecular formula is C9H16ClN3O3. The first kappa shape index (κ1) is 14.7. The predicted molar refractivity (Wildman–Crippen MR) is 60.2 cm³/mol. The molecular weight excluding hydrogens is 234 g/mol. The maximum atomic E-state index is 11.3. The van der Waals surface area contributed by atoms with E-state index in [1.165, 1.54) is 0 Å². The van der Waals surface area contributed by atoms with Crippen molar-refractivity contribution in [1.82, 2.24) is 16.0 Å². The molecule has 0 bridgehead atoms. The first-order valence-electron chi connectivity index (χ1n) is 4.69. The van der Waals surface area contributed by atoms with Crippen molar-refractivity contribution in [3.63, 3.8) is 0 Å². The molecule has 0 aromatic carbocycles. The van der Waals surface area contributed by atoms with Crippen molar-refractivity contribution in [3.05, 3.63) is 0 Å². The van der Waals surface area contributed by atoms with Crippen LogP contribution in [0.3, 0.4) is 0 Å². The third-order valence-corrected chi connectivity index (χ3v) is 1.54. The van der Waals surface area contributed by atoms with Crippen molar-refractivity contribution in [2.24, 2.45) is 0 Å². The summed E-state index contributed by atoms with van der Waals surface area (Å²) in [5.41, 5.74) is -0.360. The van der Waals surface area contributed by atoms with E-state index in [2.05, 4.69) is 10.6 Å². The Balaban J connectivity index is 3.84. The lowest BCUT2D eigenvalue weighted by atomic mass is 10.1. The molecule has 0 saturated carbocycles. The molecule has 0 aromatic heterocycles.